The third-order valence-electron chi connectivity index (χ3n) is 2.18. The number of sulfonamides is 1. The Bertz CT molecular complexity index is 484. The molecular formula is C12H21N3O2S. The molecule has 0 saturated carbocycles. The van der Waals surface area contributed by atoms with Crippen LogP contribution in [-0.2, 0) is 10.0 Å². The first-order valence-electron chi connectivity index (χ1n) is 5.93. The van der Waals surface area contributed by atoms with E-state index in [1.165, 1.54) is 0 Å². The zero-order valence-electron chi connectivity index (χ0n) is 11.0. The number of benzene rings is 1. The summed E-state index contributed by atoms with van der Waals surface area (Å²) in [4.78, 5) is 0.249. The SMILES string of the molecule is CC(N)CNc1ccccc1S(=O)(=O)NC(C)C. The van der Waals surface area contributed by atoms with Gasteiger partial charge in [-0.1, -0.05) is 12.1 Å². The van der Waals surface area contributed by atoms with Crippen LogP contribution in [0.4, 0.5) is 5.69 Å². The van der Waals surface area contributed by atoms with E-state index < -0.39 is 10.0 Å². The minimum absolute atomic E-state index is 0.0428. The minimum atomic E-state index is -3.49. The van der Waals surface area contributed by atoms with Gasteiger partial charge in [-0.05, 0) is 32.9 Å². The summed E-state index contributed by atoms with van der Waals surface area (Å²) in [6.45, 7) is 5.95. The molecule has 1 aromatic rings. The van der Waals surface area contributed by atoms with Gasteiger partial charge in [-0.25, -0.2) is 13.1 Å². The van der Waals surface area contributed by atoms with Crippen molar-refractivity contribution in [2.24, 2.45) is 5.73 Å². The van der Waals surface area contributed by atoms with Crippen LogP contribution < -0.4 is 15.8 Å². The second-order valence-corrected chi connectivity index (χ2v) is 6.31. The van der Waals surface area contributed by atoms with Crippen LogP contribution in [0.15, 0.2) is 29.2 Å². The second-order valence-electron chi connectivity index (χ2n) is 4.63. The maximum atomic E-state index is 12.1. The first-order chi connectivity index (χ1) is 8.33. The van der Waals surface area contributed by atoms with Crippen LogP contribution in [0.2, 0.25) is 0 Å². The van der Waals surface area contributed by atoms with Crippen LogP contribution in [0.3, 0.4) is 0 Å². The van der Waals surface area contributed by atoms with E-state index in [2.05, 4.69) is 10.0 Å². The molecular weight excluding hydrogens is 250 g/mol. The van der Waals surface area contributed by atoms with Crippen molar-refractivity contribution in [3.05, 3.63) is 24.3 Å². The summed E-state index contributed by atoms with van der Waals surface area (Å²) < 4.78 is 26.8. The number of nitrogens with one attached hydrogen (secondary N) is 2. The molecule has 0 amide bonds. The van der Waals surface area contributed by atoms with Crippen molar-refractivity contribution in [1.29, 1.82) is 0 Å². The van der Waals surface area contributed by atoms with Crippen molar-refractivity contribution in [1.82, 2.24) is 4.72 Å². The van der Waals surface area contributed by atoms with E-state index in [9.17, 15) is 8.42 Å². The van der Waals surface area contributed by atoms with E-state index in [0.717, 1.165) is 0 Å². The Morgan fingerprint density at radius 1 is 1.22 bits per heavy atom. The summed E-state index contributed by atoms with van der Waals surface area (Å²) >= 11 is 0. The third kappa shape index (κ3) is 4.29. The molecule has 0 aliphatic carbocycles. The molecule has 0 bridgehead atoms. The average Bonchev–Trinajstić information content (AvgIpc) is 2.25. The molecule has 0 radical (unpaired) electrons. The fraction of sp³-hybridized carbons (Fsp3) is 0.500. The highest BCUT2D eigenvalue weighted by molar-refractivity contribution is 7.89. The fourth-order valence-corrected chi connectivity index (χ4v) is 2.93. The first-order valence-corrected chi connectivity index (χ1v) is 7.42. The molecule has 4 N–H and O–H groups in total. The molecule has 0 heterocycles. The van der Waals surface area contributed by atoms with Gasteiger partial charge < -0.3 is 11.1 Å². The quantitative estimate of drug-likeness (QED) is 0.724. The standard InChI is InChI=1S/C12H21N3O2S/c1-9(2)15-18(16,17)12-7-5-4-6-11(12)14-8-10(3)13/h4-7,9-10,14-15H,8,13H2,1-3H3. The van der Waals surface area contributed by atoms with Crippen molar-refractivity contribution in [3.63, 3.8) is 0 Å². The van der Waals surface area contributed by atoms with Crippen LogP contribution in [0, 0.1) is 0 Å². The zero-order valence-corrected chi connectivity index (χ0v) is 11.8. The number of hydrogen-bond acceptors (Lipinski definition) is 4. The Kier molecular flexibility index (Phi) is 5.13. The highest BCUT2D eigenvalue weighted by atomic mass is 32.2. The molecule has 1 rings (SSSR count). The molecule has 18 heavy (non-hydrogen) atoms. The molecule has 0 saturated heterocycles. The summed E-state index contributed by atoms with van der Waals surface area (Å²) in [5.74, 6) is 0. The van der Waals surface area contributed by atoms with Gasteiger partial charge >= 0.3 is 0 Å². The molecule has 0 aromatic heterocycles. The molecule has 6 heteroatoms. The van der Waals surface area contributed by atoms with Crippen molar-refractivity contribution < 1.29 is 8.42 Å². The molecule has 1 unspecified atom stereocenters. The van der Waals surface area contributed by atoms with E-state index in [-0.39, 0.29) is 17.0 Å². The highest BCUT2D eigenvalue weighted by Crippen LogP contribution is 2.20. The average molecular weight is 271 g/mol. The van der Waals surface area contributed by atoms with Gasteiger partial charge in [0, 0.05) is 18.6 Å². The van der Waals surface area contributed by atoms with Crippen LogP contribution >= 0.6 is 0 Å². The summed E-state index contributed by atoms with van der Waals surface area (Å²) in [5.41, 5.74) is 6.22. The molecule has 1 atom stereocenters. The van der Waals surface area contributed by atoms with Gasteiger partial charge in [0.2, 0.25) is 10.0 Å². The van der Waals surface area contributed by atoms with Crippen LogP contribution in [0.5, 0.6) is 0 Å². The third-order valence-corrected chi connectivity index (χ3v) is 3.90. The van der Waals surface area contributed by atoms with Gasteiger partial charge in [-0.3, -0.25) is 0 Å². The van der Waals surface area contributed by atoms with E-state index in [0.29, 0.717) is 12.2 Å². The van der Waals surface area contributed by atoms with Crippen LogP contribution in [0.1, 0.15) is 20.8 Å². The number of anilines is 1. The summed E-state index contributed by atoms with van der Waals surface area (Å²) in [7, 11) is -3.49. The van der Waals surface area contributed by atoms with Gasteiger partial charge in [0.1, 0.15) is 4.90 Å². The summed E-state index contributed by atoms with van der Waals surface area (Å²) in [5, 5.41) is 3.05. The van der Waals surface area contributed by atoms with Crippen molar-refractivity contribution >= 4 is 15.7 Å². The number of hydrogen-bond donors (Lipinski definition) is 3. The van der Waals surface area contributed by atoms with E-state index in [1.807, 2.05) is 6.92 Å². The Hall–Kier alpha value is -1.11. The fourth-order valence-electron chi connectivity index (χ4n) is 1.49. The zero-order chi connectivity index (χ0) is 13.8. The van der Waals surface area contributed by atoms with Crippen LogP contribution in [-0.4, -0.2) is 27.0 Å². The molecule has 0 fully saturated rings. The van der Waals surface area contributed by atoms with Crippen molar-refractivity contribution in [3.8, 4) is 0 Å². The monoisotopic (exact) mass is 271 g/mol. The lowest BCUT2D eigenvalue weighted by Gasteiger charge is -2.15. The number of para-hydroxylation sites is 1. The predicted molar refractivity (Wildman–Crippen MR) is 74.0 cm³/mol. The summed E-state index contributed by atoms with van der Waals surface area (Å²) in [6.07, 6.45) is 0. The maximum absolute atomic E-state index is 12.1. The maximum Gasteiger partial charge on any atom is 0.242 e. The van der Waals surface area contributed by atoms with E-state index >= 15 is 0 Å². The summed E-state index contributed by atoms with van der Waals surface area (Å²) in [6, 6.07) is 6.62. The Morgan fingerprint density at radius 3 is 2.39 bits per heavy atom. The van der Waals surface area contributed by atoms with Crippen molar-refractivity contribution in [2.75, 3.05) is 11.9 Å². The number of rotatable bonds is 6. The minimum Gasteiger partial charge on any atom is -0.382 e. The normalized spacial score (nSPS) is 13.6. The van der Waals surface area contributed by atoms with E-state index in [4.69, 9.17) is 5.73 Å². The lowest BCUT2D eigenvalue weighted by Crippen LogP contribution is -2.31. The smallest absolute Gasteiger partial charge is 0.242 e. The number of nitrogens with two attached hydrogens (primary N) is 1. The first kappa shape index (κ1) is 14.9. The lowest BCUT2D eigenvalue weighted by atomic mass is 10.3. The molecule has 0 aliphatic rings. The van der Waals surface area contributed by atoms with Gasteiger partial charge in [-0.15, -0.1) is 0 Å². The van der Waals surface area contributed by atoms with E-state index in [1.54, 1.807) is 38.1 Å². The predicted octanol–water partition coefficient (Wildman–Crippen LogP) is 1.13. The topological polar surface area (TPSA) is 84.2 Å². The molecule has 102 valence electrons. The van der Waals surface area contributed by atoms with Gasteiger partial charge in [0.05, 0.1) is 5.69 Å². The Morgan fingerprint density at radius 2 is 1.83 bits per heavy atom. The Labute approximate surface area is 109 Å². The molecule has 0 spiro atoms. The molecule has 1 aromatic carbocycles. The lowest BCUT2D eigenvalue weighted by molar-refractivity contribution is 0.570. The second kappa shape index (κ2) is 6.17. The largest absolute Gasteiger partial charge is 0.382 e. The van der Waals surface area contributed by atoms with Gasteiger partial charge in [0.15, 0.2) is 0 Å². The van der Waals surface area contributed by atoms with Crippen molar-refractivity contribution in [2.45, 2.75) is 37.8 Å². The van der Waals surface area contributed by atoms with Gasteiger partial charge in [-0.2, -0.15) is 0 Å². The Balaban J connectivity index is 3.01. The van der Waals surface area contributed by atoms with Gasteiger partial charge in [0.25, 0.3) is 0 Å². The molecule has 5 nitrogen and oxygen atoms in total. The van der Waals surface area contributed by atoms with Crippen LogP contribution in [0.25, 0.3) is 0 Å². The molecule has 0 aliphatic heterocycles. The highest BCUT2D eigenvalue weighted by Gasteiger charge is 2.18.